The molecule has 1 aromatic heterocycles. The molecule has 3 aliphatic heterocycles. The van der Waals surface area contributed by atoms with Gasteiger partial charge in [-0.2, -0.15) is 0 Å². The lowest BCUT2D eigenvalue weighted by atomic mass is 9.86. The largest absolute Gasteiger partial charge is 0.377 e. The molecule has 1 N–H and O–H groups in total. The van der Waals surface area contributed by atoms with Crippen molar-refractivity contribution in [3.05, 3.63) is 11.9 Å². The highest BCUT2D eigenvalue weighted by atomic mass is 16.5. The van der Waals surface area contributed by atoms with Crippen molar-refractivity contribution in [1.82, 2.24) is 35.0 Å². The molecule has 222 valence electrons. The van der Waals surface area contributed by atoms with Crippen molar-refractivity contribution in [2.24, 2.45) is 5.92 Å². The first-order valence-electron chi connectivity index (χ1n) is 15.1. The van der Waals surface area contributed by atoms with Crippen LogP contribution in [0.5, 0.6) is 0 Å². The molecule has 0 spiro atoms. The summed E-state index contributed by atoms with van der Waals surface area (Å²) in [7, 11) is 0. The zero-order valence-corrected chi connectivity index (χ0v) is 24.0. The highest BCUT2D eigenvalue weighted by Crippen LogP contribution is 2.31. The monoisotopic (exact) mass is 559 g/mol. The normalized spacial score (nSPS) is 28.7. The van der Waals surface area contributed by atoms with Crippen molar-refractivity contribution >= 4 is 17.7 Å². The predicted octanol–water partition coefficient (Wildman–Crippen LogP) is 0.627. The van der Waals surface area contributed by atoms with Gasteiger partial charge in [-0.1, -0.05) is 37.3 Å². The van der Waals surface area contributed by atoms with E-state index in [0.29, 0.717) is 58.3 Å². The molecule has 4 fully saturated rings. The van der Waals surface area contributed by atoms with E-state index in [4.69, 9.17) is 9.47 Å². The van der Waals surface area contributed by atoms with E-state index >= 15 is 0 Å². The SMILES string of the molecule is CC(C)N1CCN2C(=O)COCCOCCNC(=O)[C@@H]3C[C@H](n4cc(CC5CCCCC5)nn4)CN3C(=O)[C@@H]2C1. The van der Waals surface area contributed by atoms with Crippen LogP contribution in [0.15, 0.2) is 6.20 Å². The van der Waals surface area contributed by atoms with Crippen LogP contribution in [0.3, 0.4) is 0 Å². The summed E-state index contributed by atoms with van der Waals surface area (Å²) in [6, 6.07) is -1.27. The third kappa shape index (κ3) is 6.83. The van der Waals surface area contributed by atoms with E-state index in [1.54, 1.807) is 9.80 Å². The van der Waals surface area contributed by atoms with Gasteiger partial charge in [-0.25, -0.2) is 4.68 Å². The number of carbonyl (C=O) groups is 3. The first-order chi connectivity index (χ1) is 19.4. The number of amides is 3. The van der Waals surface area contributed by atoms with Crippen LogP contribution in [0, 0.1) is 5.92 Å². The molecule has 1 aromatic rings. The zero-order valence-electron chi connectivity index (χ0n) is 24.0. The summed E-state index contributed by atoms with van der Waals surface area (Å²) in [4.78, 5) is 46.3. The smallest absolute Gasteiger partial charge is 0.249 e. The van der Waals surface area contributed by atoms with E-state index in [2.05, 4.69) is 34.4 Å². The van der Waals surface area contributed by atoms with Crippen molar-refractivity contribution in [2.45, 2.75) is 83.0 Å². The average molecular weight is 560 g/mol. The van der Waals surface area contributed by atoms with Crippen molar-refractivity contribution in [2.75, 3.05) is 59.2 Å². The number of aromatic nitrogens is 3. The van der Waals surface area contributed by atoms with Gasteiger partial charge in [0.2, 0.25) is 17.7 Å². The quantitative estimate of drug-likeness (QED) is 0.570. The van der Waals surface area contributed by atoms with Crippen LogP contribution in [0.1, 0.15) is 64.1 Å². The number of nitrogens with one attached hydrogen (secondary N) is 1. The van der Waals surface area contributed by atoms with E-state index < -0.39 is 12.1 Å². The molecule has 12 heteroatoms. The molecule has 1 saturated carbocycles. The summed E-state index contributed by atoms with van der Waals surface area (Å²) in [5.41, 5.74) is 0.973. The Hall–Kier alpha value is -2.57. The minimum atomic E-state index is -0.680. The number of carbonyl (C=O) groups excluding carboxylic acids is 3. The highest BCUT2D eigenvalue weighted by molar-refractivity contribution is 5.93. The number of hydrogen-bond donors (Lipinski definition) is 1. The first kappa shape index (κ1) is 28.9. The third-order valence-corrected chi connectivity index (χ3v) is 8.91. The third-order valence-electron chi connectivity index (χ3n) is 8.91. The molecule has 0 unspecified atom stereocenters. The lowest BCUT2D eigenvalue weighted by molar-refractivity contribution is -0.154. The van der Waals surface area contributed by atoms with Crippen LogP contribution < -0.4 is 5.32 Å². The van der Waals surface area contributed by atoms with Crippen molar-refractivity contribution in [3.8, 4) is 0 Å². The topological polar surface area (TPSA) is 122 Å². The second-order valence-corrected chi connectivity index (χ2v) is 11.9. The van der Waals surface area contributed by atoms with Gasteiger partial charge < -0.3 is 24.6 Å². The Morgan fingerprint density at radius 2 is 1.77 bits per heavy atom. The predicted molar refractivity (Wildman–Crippen MR) is 146 cm³/mol. The van der Waals surface area contributed by atoms with Gasteiger partial charge in [0, 0.05) is 51.4 Å². The number of hydrogen-bond acceptors (Lipinski definition) is 8. The lowest BCUT2D eigenvalue weighted by Crippen LogP contribution is -2.63. The molecular weight excluding hydrogens is 514 g/mol. The summed E-state index contributed by atoms with van der Waals surface area (Å²) in [5, 5.41) is 11.8. The minimum Gasteiger partial charge on any atom is -0.377 e. The van der Waals surface area contributed by atoms with Gasteiger partial charge in [-0.05, 0) is 26.2 Å². The maximum atomic E-state index is 14.2. The standard InChI is InChI=1S/C28H45N7O5/c1-20(2)32-9-10-33-25(18-32)28(38)34-17-23(35-16-22(30-31-35)14-21-6-4-3-5-7-21)15-24(34)27(37)29-8-11-39-12-13-40-19-26(33)36/h16,20-21,23-25H,3-15,17-19H2,1-2H3,(H,29,37)/t23-,24-,25-/m0/s1. The number of rotatable bonds is 4. The summed E-state index contributed by atoms with van der Waals surface area (Å²) >= 11 is 0. The van der Waals surface area contributed by atoms with Gasteiger partial charge in [0.1, 0.15) is 18.7 Å². The molecule has 0 bridgehead atoms. The van der Waals surface area contributed by atoms with Gasteiger partial charge in [0.25, 0.3) is 0 Å². The zero-order chi connectivity index (χ0) is 28.1. The molecule has 3 atom stereocenters. The van der Waals surface area contributed by atoms with E-state index in [1.807, 2.05) is 10.9 Å². The Labute approximate surface area is 236 Å². The Balaban J connectivity index is 1.37. The molecule has 1 aliphatic carbocycles. The van der Waals surface area contributed by atoms with Crippen molar-refractivity contribution in [3.63, 3.8) is 0 Å². The Kier molecular flexibility index (Phi) is 9.69. The van der Waals surface area contributed by atoms with Crippen LogP contribution in [-0.2, 0) is 30.3 Å². The number of piperazine rings is 1. The molecule has 4 aliphatic rings. The van der Waals surface area contributed by atoms with Crippen LogP contribution >= 0.6 is 0 Å². The van der Waals surface area contributed by atoms with Crippen molar-refractivity contribution in [1.29, 1.82) is 0 Å². The van der Waals surface area contributed by atoms with Gasteiger partial charge in [-0.3, -0.25) is 19.3 Å². The number of nitrogens with zero attached hydrogens (tertiary/aromatic N) is 6. The minimum absolute atomic E-state index is 0.0964. The van der Waals surface area contributed by atoms with Gasteiger partial charge in [0.15, 0.2) is 0 Å². The fourth-order valence-electron chi connectivity index (χ4n) is 6.57. The molecule has 3 amide bonds. The van der Waals surface area contributed by atoms with Crippen LogP contribution in [0.4, 0.5) is 0 Å². The molecule has 0 aromatic carbocycles. The number of ether oxygens (including phenoxy) is 2. The summed E-state index contributed by atoms with van der Waals surface area (Å²) < 4.78 is 13.0. The lowest BCUT2D eigenvalue weighted by Gasteiger charge is -2.43. The van der Waals surface area contributed by atoms with Crippen molar-refractivity contribution < 1.29 is 23.9 Å². The van der Waals surface area contributed by atoms with Gasteiger partial charge in [-0.15, -0.1) is 5.10 Å². The summed E-state index contributed by atoms with van der Waals surface area (Å²) in [6.45, 7) is 7.27. The Bertz CT molecular complexity index is 1030. The second-order valence-electron chi connectivity index (χ2n) is 11.9. The first-order valence-corrected chi connectivity index (χ1v) is 15.1. The Morgan fingerprint density at radius 3 is 2.58 bits per heavy atom. The van der Waals surface area contributed by atoms with Gasteiger partial charge in [0.05, 0.1) is 31.6 Å². The molecule has 3 saturated heterocycles. The van der Waals surface area contributed by atoms with E-state index in [-0.39, 0.29) is 43.0 Å². The second kappa shape index (κ2) is 13.4. The van der Waals surface area contributed by atoms with Crippen LogP contribution in [-0.4, -0.2) is 125 Å². The van der Waals surface area contributed by atoms with E-state index in [1.165, 1.54) is 32.1 Å². The van der Waals surface area contributed by atoms with Gasteiger partial charge >= 0.3 is 0 Å². The highest BCUT2D eigenvalue weighted by Gasteiger charge is 2.46. The van der Waals surface area contributed by atoms with Crippen LogP contribution in [0.25, 0.3) is 0 Å². The molecule has 0 radical (unpaired) electrons. The maximum Gasteiger partial charge on any atom is 0.249 e. The molecule has 12 nitrogen and oxygen atoms in total. The van der Waals surface area contributed by atoms with E-state index in [0.717, 1.165) is 12.1 Å². The molecule has 40 heavy (non-hydrogen) atoms. The number of fused-ring (bicyclic) bond motifs is 2. The Morgan fingerprint density at radius 1 is 0.975 bits per heavy atom. The van der Waals surface area contributed by atoms with Crippen LogP contribution in [0.2, 0.25) is 0 Å². The maximum absolute atomic E-state index is 14.2. The van der Waals surface area contributed by atoms with E-state index in [9.17, 15) is 14.4 Å². The summed E-state index contributed by atoms with van der Waals surface area (Å²) in [6.07, 6.45) is 9.71. The fourth-order valence-corrected chi connectivity index (χ4v) is 6.57. The molecule has 5 rings (SSSR count). The summed E-state index contributed by atoms with van der Waals surface area (Å²) in [5.74, 6) is 0.0328. The molecular formula is C28H45N7O5. The molecule has 4 heterocycles. The average Bonchev–Trinajstić information content (AvgIpc) is 3.61. The fraction of sp³-hybridized carbons (Fsp3) is 0.821.